The number of allylic oxidation sites excluding steroid dienone is 2. The zero-order valence-electron chi connectivity index (χ0n) is 23.8. The predicted molar refractivity (Wildman–Crippen MR) is 161 cm³/mol. The number of benzene rings is 3. The molecule has 0 saturated carbocycles. The average Bonchev–Trinajstić information content (AvgIpc) is 3.28. The van der Waals surface area contributed by atoms with Gasteiger partial charge in [0.05, 0.1) is 6.42 Å². The van der Waals surface area contributed by atoms with Gasteiger partial charge in [0.1, 0.15) is 18.1 Å². The number of halogens is 1. The molecule has 0 bridgehead atoms. The lowest BCUT2D eigenvalue weighted by Crippen LogP contribution is -2.61. The second kappa shape index (κ2) is 11.9. The van der Waals surface area contributed by atoms with Gasteiger partial charge in [-0.2, -0.15) is 0 Å². The van der Waals surface area contributed by atoms with E-state index in [9.17, 15) is 14.4 Å². The highest BCUT2D eigenvalue weighted by atomic mass is 35.5. The van der Waals surface area contributed by atoms with Crippen LogP contribution in [0.2, 0.25) is 0 Å². The van der Waals surface area contributed by atoms with E-state index in [0.717, 1.165) is 27.3 Å². The van der Waals surface area contributed by atoms with Crippen molar-refractivity contribution in [3.8, 4) is 11.1 Å². The molecule has 42 heavy (non-hydrogen) atoms. The molecule has 0 spiro atoms. The summed E-state index contributed by atoms with van der Waals surface area (Å²) in [5, 5.41) is 0.981. The number of fused-ring (bicyclic) bond motifs is 3. The summed E-state index contributed by atoms with van der Waals surface area (Å²) in [4.78, 5) is 38.6. The highest BCUT2D eigenvalue weighted by molar-refractivity contribution is 6.28. The lowest BCUT2D eigenvalue weighted by molar-refractivity contribution is -0.162. The molecule has 5 rings (SSSR count). The van der Waals surface area contributed by atoms with Crippen molar-refractivity contribution in [3.05, 3.63) is 120 Å². The van der Waals surface area contributed by atoms with Gasteiger partial charge in [-0.25, -0.2) is 15.2 Å². The summed E-state index contributed by atoms with van der Waals surface area (Å²) in [6, 6.07) is 25.1. The van der Waals surface area contributed by atoms with Crippen molar-refractivity contribution in [3.63, 3.8) is 0 Å². The molecule has 2 aliphatic carbocycles. The number of carbonyl (C=O) groups is 3. The molecule has 0 aliphatic heterocycles. The van der Waals surface area contributed by atoms with Gasteiger partial charge < -0.3 is 9.47 Å². The first-order chi connectivity index (χ1) is 20.1. The van der Waals surface area contributed by atoms with Crippen molar-refractivity contribution >= 4 is 29.6 Å². The van der Waals surface area contributed by atoms with Crippen LogP contribution in [0.25, 0.3) is 11.1 Å². The Kier molecular flexibility index (Phi) is 8.23. The van der Waals surface area contributed by atoms with E-state index in [0.29, 0.717) is 5.56 Å². The molecule has 2 aliphatic rings. The molecule has 3 aromatic carbocycles. The van der Waals surface area contributed by atoms with Gasteiger partial charge in [-0.3, -0.25) is 9.59 Å². The predicted octanol–water partition coefficient (Wildman–Crippen LogP) is 6.53. The minimum atomic E-state index is -1.78. The number of hydrazine groups is 1. The van der Waals surface area contributed by atoms with Gasteiger partial charge in [0.2, 0.25) is 5.91 Å². The smallest absolute Gasteiger partial charge is 0.426 e. The molecule has 2 amide bonds. The van der Waals surface area contributed by atoms with Crippen LogP contribution in [-0.4, -0.2) is 40.2 Å². The first-order valence-electron chi connectivity index (χ1n) is 13.8. The second-order valence-corrected chi connectivity index (χ2v) is 11.9. The Balaban J connectivity index is 1.39. The summed E-state index contributed by atoms with van der Waals surface area (Å²) < 4.78 is 11.3. The maximum atomic E-state index is 13.8. The van der Waals surface area contributed by atoms with E-state index >= 15 is 0 Å². The van der Waals surface area contributed by atoms with Gasteiger partial charge in [-0.15, -0.1) is 0 Å². The molecule has 216 valence electrons. The third-order valence-corrected chi connectivity index (χ3v) is 7.71. The Bertz CT molecular complexity index is 1500. The van der Waals surface area contributed by atoms with Gasteiger partial charge in [-0.1, -0.05) is 109 Å². The van der Waals surface area contributed by atoms with E-state index in [1.807, 2.05) is 54.6 Å². The summed E-state index contributed by atoms with van der Waals surface area (Å²) >= 11 is 7.09. The lowest BCUT2D eigenvalue weighted by Gasteiger charge is -2.41. The first kappa shape index (κ1) is 29.1. The van der Waals surface area contributed by atoms with Crippen LogP contribution in [0.15, 0.2) is 103 Å². The molecule has 3 aromatic rings. The lowest BCUT2D eigenvalue weighted by atomic mass is 9.93. The molecule has 0 aromatic heterocycles. The fraction of sp³-hybridized carbons (Fsp3) is 0.265. The van der Waals surface area contributed by atoms with Crippen LogP contribution in [-0.2, 0) is 25.5 Å². The molecule has 2 atom stereocenters. The molecular formula is C34H33ClN2O5. The van der Waals surface area contributed by atoms with E-state index in [1.54, 1.807) is 51.1 Å². The topological polar surface area (TPSA) is 84.9 Å². The molecule has 0 heterocycles. The molecule has 0 fully saturated rings. The van der Waals surface area contributed by atoms with Crippen LogP contribution in [0.3, 0.4) is 0 Å². The second-order valence-electron chi connectivity index (χ2n) is 11.3. The van der Waals surface area contributed by atoms with E-state index in [2.05, 4.69) is 17.6 Å². The summed E-state index contributed by atoms with van der Waals surface area (Å²) in [6.45, 7) is 5.28. The summed E-state index contributed by atoms with van der Waals surface area (Å²) in [5.41, 5.74) is 6.80. The van der Waals surface area contributed by atoms with Crippen LogP contribution in [0.1, 0.15) is 43.4 Å². The van der Waals surface area contributed by atoms with E-state index < -0.39 is 34.5 Å². The third-order valence-electron chi connectivity index (χ3n) is 7.18. The number of hydrogen-bond donors (Lipinski definition) is 1. The number of nitrogens with zero attached hydrogens (tertiary/aromatic N) is 1. The molecule has 0 saturated heterocycles. The minimum absolute atomic E-state index is 0.0428. The third kappa shape index (κ3) is 6.11. The standard InChI is InChI=1S/C34H33ClN2O5/c1-33(2,3)42-31(39)29-19-11-12-20-34(29,35)37(30(38)21-23-13-5-4-6-14-23)36-32(40)41-22-28-26-17-9-7-15-24(26)25-16-8-10-18-27(25)28/h4-20,28-29H,21-22H2,1-3H3,(H,36,40). The maximum absolute atomic E-state index is 13.8. The Morgan fingerprint density at radius 2 is 1.48 bits per heavy atom. The number of ether oxygens (including phenoxy) is 2. The van der Waals surface area contributed by atoms with Crippen LogP contribution >= 0.6 is 11.6 Å². The molecule has 0 radical (unpaired) electrons. The first-order valence-corrected chi connectivity index (χ1v) is 14.2. The average molecular weight is 585 g/mol. The van der Waals surface area contributed by atoms with Crippen LogP contribution < -0.4 is 5.43 Å². The van der Waals surface area contributed by atoms with Crippen LogP contribution in [0, 0.1) is 5.92 Å². The number of carbonyl (C=O) groups excluding carboxylic acids is 3. The van der Waals surface area contributed by atoms with Crippen LogP contribution in [0.4, 0.5) is 4.79 Å². The van der Waals surface area contributed by atoms with Gasteiger partial charge >= 0.3 is 12.1 Å². The van der Waals surface area contributed by atoms with Crippen molar-refractivity contribution < 1.29 is 23.9 Å². The van der Waals surface area contributed by atoms with Crippen molar-refractivity contribution in [1.29, 1.82) is 0 Å². The number of amides is 2. The number of esters is 1. The van der Waals surface area contributed by atoms with Gasteiger partial charge in [0.25, 0.3) is 0 Å². The Labute approximate surface area is 250 Å². The SMILES string of the molecule is CC(C)(C)OC(=O)C1C=CC=CC1(Cl)N(NC(=O)OCC1c2ccccc2-c2ccccc21)C(=O)Cc1ccccc1. The largest absolute Gasteiger partial charge is 0.459 e. The van der Waals surface area contributed by atoms with Crippen molar-refractivity contribution in [2.24, 2.45) is 5.92 Å². The van der Waals surface area contributed by atoms with E-state index in [-0.39, 0.29) is 18.9 Å². The molecule has 8 heteroatoms. The van der Waals surface area contributed by atoms with E-state index in [1.165, 1.54) is 6.08 Å². The zero-order chi connectivity index (χ0) is 29.9. The highest BCUT2D eigenvalue weighted by Crippen LogP contribution is 2.44. The highest BCUT2D eigenvalue weighted by Gasteiger charge is 2.49. The molecule has 7 nitrogen and oxygen atoms in total. The number of alkyl halides is 1. The number of rotatable bonds is 6. The maximum Gasteiger partial charge on any atom is 0.426 e. The van der Waals surface area contributed by atoms with Gasteiger partial charge in [0.15, 0.2) is 5.00 Å². The quantitative estimate of drug-likeness (QED) is 0.154. The molecule has 1 N–H and O–H groups in total. The van der Waals surface area contributed by atoms with Crippen LogP contribution in [0.5, 0.6) is 0 Å². The summed E-state index contributed by atoms with van der Waals surface area (Å²) in [6.07, 6.45) is 5.39. The zero-order valence-corrected chi connectivity index (χ0v) is 24.5. The summed E-state index contributed by atoms with van der Waals surface area (Å²) in [5.74, 6) is -2.44. The Hall–Kier alpha value is -4.36. The van der Waals surface area contributed by atoms with Crippen molar-refractivity contribution in [2.75, 3.05) is 6.61 Å². The summed E-state index contributed by atoms with van der Waals surface area (Å²) in [7, 11) is 0. The monoisotopic (exact) mass is 584 g/mol. The van der Waals surface area contributed by atoms with E-state index in [4.69, 9.17) is 21.1 Å². The van der Waals surface area contributed by atoms with Crippen molar-refractivity contribution in [1.82, 2.24) is 10.4 Å². The van der Waals surface area contributed by atoms with Crippen molar-refractivity contribution in [2.45, 2.75) is 43.7 Å². The Morgan fingerprint density at radius 3 is 2.10 bits per heavy atom. The van der Waals surface area contributed by atoms with Gasteiger partial charge in [0, 0.05) is 5.92 Å². The van der Waals surface area contributed by atoms with Gasteiger partial charge in [-0.05, 0) is 54.7 Å². The fourth-order valence-electron chi connectivity index (χ4n) is 5.34. The Morgan fingerprint density at radius 1 is 0.881 bits per heavy atom. The number of nitrogens with one attached hydrogen (secondary N) is 1. The molecule has 2 unspecified atom stereocenters. The fourth-order valence-corrected chi connectivity index (χ4v) is 5.71. The minimum Gasteiger partial charge on any atom is -0.459 e. The number of hydrogen-bond acceptors (Lipinski definition) is 5. The normalized spacial score (nSPS) is 19.0. The molecular weight excluding hydrogens is 552 g/mol.